The summed E-state index contributed by atoms with van der Waals surface area (Å²) in [4.78, 5) is 11.9. The van der Waals surface area contributed by atoms with Crippen LogP contribution < -0.4 is 5.32 Å². The van der Waals surface area contributed by atoms with Gasteiger partial charge in [-0.05, 0) is 18.2 Å². The number of aromatic hydroxyl groups is 1. The molecule has 0 radical (unpaired) electrons. The van der Waals surface area contributed by atoms with E-state index in [9.17, 15) is 15.0 Å². The summed E-state index contributed by atoms with van der Waals surface area (Å²) in [7, 11) is 0. The van der Waals surface area contributed by atoms with Gasteiger partial charge in [0.15, 0.2) is 0 Å². The maximum absolute atomic E-state index is 11.9. The molecule has 0 spiro atoms. The minimum Gasteiger partial charge on any atom is -0.508 e. The van der Waals surface area contributed by atoms with E-state index in [4.69, 9.17) is 23.2 Å². The summed E-state index contributed by atoms with van der Waals surface area (Å²) in [5, 5.41) is 23.1. The predicted molar refractivity (Wildman–Crippen MR) is 86.2 cm³/mol. The Bertz CT molecular complexity index is 676. The zero-order valence-electron chi connectivity index (χ0n) is 11.6. The van der Waals surface area contributed by atoms with Gasteiger partial charge in [0.1, 0.15) is 5.75 Å². The van der Waals surface area contributed by atoms with Gasteiger partial charge in [-0.3, -0.25) is 4.79 Å². The Hall–Kier alpha value is -1.75. The lowest BCUT2D eigenvalue weighted by Gasteiger charge is -2.14. The molecule has 6 heteroatoms. The third-order valence-corrected chi connectivity index (χ3v) is 3.72. The molecule has 2 aromatic rings. The molecule has 0 aliphatic carbocycles. The summed E-state index contributed by atoms with van der Waals surface area (Å²) in [6.45, 7) is 0.0216. The summed E-state index contributed by atoms with van der Waals surface area (Å²) < 4.78 is 0. The van der Waals surface area contributed by atoms with Crippen LogP contribution in [0.1, 0.15) is 17.2 Å². The molecule has 116 valence electrons. The van der Waals surface area contributed by atoms with Gasteiger partial charge >= 0.3 is 0 Å². The molecule has 0 saturated heterocycles. The number of aliphatic hydroxyl groups excluding tert-OH is 1. The smallest absolute Gasteiger partial charge is 0.224 e. The molecule has 0 saturated carbocycles. The monoisotopic (exact) mass is 339 g/mol. The van der Waals surface area contributed by atoms with Gasteiger partial charge in [0.2, 0.25) is 5.91 Å². The number of nitrogens with one attached hydrogen (secondary N) is 1. The van der Waals surface area contributed by atoms with Crippen molar-refractivity contribution in [2.45, 2.75) is 12.5 Å². The van der Waals surface area contributed by atoms with E-state index in [0.29, 0.717) is 21.2 Å². The number of phenolic OH excluding ortho intramolecular Hbond substituents is 1. The Morgan fingerprint density at radius 3 is 2.59 bits per heavy atom. The number of halogens is 2. The minimum atomic E-state index is -0.932. The van der Waals surface area contributed by atoms with E-state index < -0.39 is 6.10 Å². The van der Waals surface area contributed by atoms with E-state index in [1.807, 2.05) is 0 Å². The fraction of sp³-hybridized carbons (Fsp3) is 0.188. The second kappa shape index (κ2) is 7.49. The number of rotatable bonds is 5. The van der Waals surface area contributed by atoms with Gasteiger partial charge < -0.3 is 15.5 Å². The molecule has 0 fully saturated rings. The Morgan fingerprint density at radius 2 is 1.91 bits per heavy atom. The summed E-state index contributed by atoms with van der Waals surface area (Å²) >= 11 is 11.8. The highest BCUT2D eigenvalue weighted by Gasteiger charge is 2.14. The minimum absolute atomic E-state index is 0.0216. The van der Waals surface area contributed by atoms with Crippen molar-refractivity contribution in [2.24, 2.45) is 0 Å². The molecule has 0 aliphatic rings. The maximum atomic E-state index is 11.9. The van der Waals surface area contributed by atoms with Crippen LogP contribution in [0.15, 0.2) is 42.5 Å². The van der Waals surface area contributed by atoms with E-state index >= 15 is 0 Å². The van der Waals surface area contributed by atoms with Crippen molar-refractivity contribution in [1.29, 1.82) is 0 Å². The first-order chi connectivity index (χ1) is 10.5. The van der Waals surface area contributed by atoms with Crippen molar-refractivity contribution >= 4 is 29.1 Å². The molecular weight excluding hydrogens is 325 g/mol. The molecule has 4 nitrogen and oxygen atoms in total. The lowest BCUT2D eigenvalue weighted by atomic mass is 10.1. The van der Waals surface area contributed by atoms with Crippen LogP contribution in [0.3, 0.4) is 0 Å². The van der Waals surface area contributed by atoms with Crippen LogP contribution in [0.25, 0.3) is 0 Å². The molecule has 0 heterocycles. The molecule has 2 aromatic carbocycles. The third-order valence-electron chi connectivity index (χ3n) is 3.16. The van der Waals surface area contributed by atoms with Crippen LogP contribution in [0.5, 0.6) is 5.75 Å². The van der Waals surface area contributed by atoms with E-state index in [1.165, 1.54) is 12.1 Å². The van der Waals surface area contributed by atoms with Crippen molar-refractivity contribution in [1.82, 2.24) is 5.32 Å². The largest absolute Gasteiger partial charge is 0.508 e. The molecule has 0 aliphatic heterocycles. The van der Waals surface area contributed by atoms with Gasteiger partial charge in [-0.25, -0.2) is 0 Å². The molecule has 1 atom stereocenters. The van der Waals surface area contributed by atoms with Crippen LogP contribution in [0.4, 0.5) is 0 Å². The normalized spacial score (nSPS) is 12.0. The summed E-state index contributed by atoms with van der Waals surface area (Å²) in [6.07, 6.45) is -0.897. The standard InChI is InChI=1S/C16H15Cl2NO3/c17-11-5-6-12(13(18)8-11)15(21)9-19-16(22)7-10-3-1-2-4-14(10)20/h1-6,8,15,20-21H,7,9H2,(H,19,22). The fourth-order valence-corrected chi connectivity index (χ4v) is 2.52. The van der Waals surface area contributed by atoms with Crippen LogP contribution in [-0.2, 0) is 11.2 Å². The molecule has 22 heavy (non-hydrogen) atoms. The first kappa shape index (κ1) is 16.6. The number of hydrogen-bond acceptors (Lipinski definition) is 3. The quantitative estimate of drug-likeness (QED) is 0.783. The van der Waals surface area contributed by atoms with Gasteiger partial charge in [0.05, 0.1) is 12.5 Å². The average molecular weight is 340 g/mol. The average Bonchev–Trinajstić information content (AvgIpc) is 2.47. The summed E-state index contributed by atoms with van der Waals surface area (Å²) in [5.41, 5.74) is 1.02. The van der Waals surface area contributed by atoms with E-state index in [0.717, 1.165) is 0 Å². The second-order valence-corrected chi connectivity index (χ2v) is 5.63. The molecule has 1 unspecified atom stereocenters. The first-order valence-corrected chi connectivity index (χ1v) is 7.39. The Balaban J connectivity index is 1.92. The summed E-state index contributed by atoms with van der Waals surface area (Å²) in [6, 6.07) is 11.4. The van der Waals surface area contributed by atoms with Crippen LogP contribution in [-0.4, -0.2) is 22.7 Å². The number of carbonyl (C=O) groups excluding carboxylic acids is 1. The number of benzene rings is 2. The molecule has 2 rings (SSSR count). The Morgan fingerprint density at radius 1 is 1.18 bits per heavy atom. The van der Waals surface area contributed by atoms with Gasteiger partial charge in [0.25, 0.3) is 0 Å². The van der Waals surface area contributed by atoms with Crippen molar-refractivity contribution in [3.8, 4) is 5.75 Å². The highest BCUT2D eigenvalue weighted by molar-refractivity contribution is 6.35. The second-order valence-electron chi connectivity index (χ2n) is 4.79. The zero-order chi connectivity index (χ0) is 16.1. The SMILES string of the molecule is O=C(Cc1ccccc1O)NCC(O)c1ccc(Cl)cc1Cl. The lowest BCUT2D eigenvalue weighted by Crippen LogP contribution is -2.29. The molecular formula is C16H15Cl2NO3. The number of carbonyl (C=O) groups is 1. The number of para-hydroxylation sites is 1. The number of phenols is 1. The maximum Gasteiger partial charge on any atom is 0.224 e. The van der Waals surface area contributed by atoms with Gasteiger partial charge in [0, 0.05) is 27.7 Å². The van der Waals surface area contributed by atoms with Gasteiger partial charge in [-0.15, -0.1) is 0 Å². The van der Waals surface area contributed by atoms with E-state index in [-0.39, 0.29) is 24.6 Å². The topological polar surface area (TPSA) is 69.6 Å². The molecule has 1 amide bonds. The zero-order valence-corrected chi connectivity index (χ0v) is 13.1. The van der Waals surface area contributed by atoms with Crippen LogP contribution in [0, 0.1) is 0 Å². The van der Waals surface area contributed by atoms with Crippen molar-refractivity contribution in [3.63, 3.8) is 0 Å². The Labute approximate surface area is 138 Å². The first-order valence-electron chi connectivity index (χ1n) is 6.64. The Kier molecular flexibility index (Phi) is 5.66. The van der Waals surface area contributed by atoms with Crippen LogP contribution in [0.2, 0.25) is 10.0 Å². The fourth-order valence-electron chi connectivity index (χ4n) is 1.99. The molecule has 3 N–H and O–H groups in total. The predicted octanol–water partition coefficient (Wildman–Crippen LogP) is 3.09. The summed E-state index contributed by atoms with van der Waals surface area (Å²) in [5.74, 6) is -0.232. The lowest BCUT2D eigenvalue weighted by molar-refractivity contribution is -0.120. The van der Waals surface area contributed by atoms with E-state index in [1.54, 1.807) is 30.3 Å². The molecule has 0 aromatic heterocycles. The third kappa shape index (κ3) is 4.37. The van der Waals surface area contributed by atoms with Crippen molar-refractivity contribution in [3.05, 3.63) is 63.6 Å². The van der Waals surface area contributed by atoms with Gasteiger partial charge in [-0.2, -0.15) is 0 Å². The van der Waals surface area contributed by atoms with Gasteiger partial charge in [-0.1, -0.05) is 47.5 Å². The number of amides is 1. The highest BCUT2D eigenvalue weighted by Crippen LogP contribution is 2.26. The van der Waals surface area contributed by atoms with Crippen molar-refractivity contribution < 1.29 is 15.0 Å². The number of hydrogen-bond donors (Lipinski definition) is 3. The van der Waals surface area contributed by atoms with E-state index in [2.05, 4.69) is 5.32 Å². The highest BCUT2D eigenvalue weighted by atomic mass is 35.5. The molecule has 0 bridgehead atoms. The van der Waals surface area contributed by atoms with Crippen LogP contribution >= 0.6 is 23.2 Å². The van der Waals surface area contributed by atoms with Crippen molar-refractivity contribution in [2.75, 3.05) is 6.54 Å². The number of aliphatic hydroxyl groups is 1.